The monoisotopic (exact) mass is 1090 g/mol. The lowest BCUT2D eigenvalue weighted by Crippen LogP contribution is -2.60. The van der Waals surface area contributed by atoms with Gasteiger partial charge < -0.3 is 45.1 Å². The number of hydrogen-bond acceptors (Lipinski definition) is 10. The number of ether oxygens (including phenoxy) is 3. The molecule has 11 heteroatoms. The minimum absolute atomic E-state index is 0.00405. The maximum Gasteiger partial charge on any atom is 0.305 e. The highest BCUT2D eigenvalue weighted by molar-refractivity contribution is 5.76. The maximum absolute atomic E-state index is 13.1. The molecule has 1 aliphatic rings. The Kier molecular flexibility index (Phi) is 53.2. The van der Waals surface area contributed by atoms with Crippen LogP contribution >= 0.6 is 0 Å². The molecule has 0 saturated carbocycles. The number of aliphatic hydroxyl groups is 5. The van der Waals surface area contributed by atoms with Crippen LogP contribution in [0.5, 0.6) is 0 Å². The Balaban J connectivity index is 2.03. The fourth-order valence-corrected chi connectivity index (χ4v) is 10.6. The first-order valence-corrected chi connectivity index (χ1v) is 33.1. The number of esters is 1. The van der Waals surface area contributed by atoms with E-state index < -0.39 is 49.5 Å². The summed E-state index contributed by atoms with van der Waals surface area (Å²) in [7, 11) is 0. The van der Waals surface area contributed by atoms with Crippen molar-refractivity contribution in [3.05, 3.63) is 24.3 Å². The van der Waals surface area contributed by atoms with E-state index in [2.05, 4.69) is 31.3 Å². The van der Waals surface area contributed by atoms with Crippen molar-refractivity contribution in [3.8, 4) is 0 Å². The van der Waals surface area contributed by atoms with Crippen LogP contribution < -0.4 is 5.32 Å². The molecule has 1 heterocycles. The lowest BCUT2D eigenvalue weighted by Gasteiger charge is -2.40. The van der Waals surface area contributed by atoms with Crippen LogP contribution in [0.1, 0.15) is 322 Å². The van der Waals surface area contributed by atoms with Crippen molar-refractivity contribution in [2.24, 2.45) is 0 Å². The van der Waals surface area contributed by atoms with E-state index in [1.807, 2.05) is 6.08 Å². The van der Waals surface area contributed by atoms with Gasteiger partial charge in [-0.25, -0.2) is 0 Å². The van der Waals surface area contributed by atoms with Crippen LogP contribution in [0.15, 0.2) is 24.3 Å². The Morgan fingerprint density at radius 1 is 0.468 bits per heavy atom. The molecule has 1 rings (SSSR count). The number of nitrogens with one attached hydrogen (secondary N) is 1. The van der Waals surface area contributed by atoms with Crippen molar-refractivity contribution < 1.29 is 49.3 Å². The van der Waals surface area contributed by atoms with Crippen molar-refractivity contribution in [3.63, 3.8) is 0 Å². The first-order chi connectivity index (χ1) is 37.7. The molecule has 1 aliphatic heterocycles. The predicted molar refractivity (Wildman–Crippen MR) is 320 cm³/mol. The fourth-order valence-electron chi connectivity index (χ4n) is 10.6. The van der Waals surface area contributed by atoms with Gasteiger partial charge in [0.15, 0.2) is 6.29 Å². The van der Waals surface area contributed by atoms with Crippen LogP contribution in [0.4, 0.5) is 0 Å². The van der Waals surface area contributed by atoms with E-state index >= 15 is 0 Å². The lowest BCUT2D eigenvalue weighted by molar-refractivity contribution is -0.302. The summed E-state index contributed by atoms with van der Waals surface area (Å²) in [4.78, 5) is 25.1. The molecule has 7 unspecified atom stereocenters. The highest BCUT2D eigenvalue weighted by Crippen LogP contribution is 2.23. The highest BCUT2D eigenvalue weighted by Gasteiger charge is 2.44. The SMILES string of the molecule is CCCCCCCCCC/C=C/CC/C=C/C(O)C(COC1OC(CO)C(O)C(O)C1O)NC(=O)CCCCCCCCCCCCCCCCCCCCCCCCCCOC(=O)CCCCCCCCCCCCC. The third-order valence-electron chi connectivity index (χ3n) is 15.8. The average molecular weight is 1090 g/mol. The minimum Gasteiger partial charge on any atom is -0.466 e. The third-order valence-corrected chi connectivity index (χ3v) is 15.8. The molecule has 0 aliphatic carbocycles. The average Bonchev–Trinajstić information content (AvgIpc) is 3.43. The van der Waals surface area contributed by atoms with Crippen molar-refractivity contribution in [2.45, 2.75) is 365 Å². The summed E-state index contributed by atoms with van der Waals surface area (Å²) in [6.45, 7) is 4.35. The normalized spacial score (nSPS) is 18.7. The molecule has 1 fully saturated rings. The summed E-state index contributed by atoms with van der Waals surface area (Å²) in [5.74, 6) is -0.185. The van der Waals surface area contributed by atoms with E-state index in [4.69, 9.17) is 14.2 Å². The quantitative estimate of drug-likeness (QED) is 0.0195. The summed E-state index contributed by atoms with van der Waals surface area (Å²) in [6, 6.07) is -0.826. The number of amides is 1. The zero-order valence-electron chi connectivity index (χ0n) is 50.2. The van der Waals surface area contributed by atoms with Gasteiger partial charge >= 0.3 is 5.97 Å². The highest BCUT2D eigenvalue weighted by atomic mass is 16.7. The van der Waals surface area contributed by atoms with Crippen LogP contribution in [0, 0.1) is 0 Å². The maximum atomic E-state index is 13.1. The second-order valence-corrected chi connectivity index (χ2v) is 23.2. The van der Waals surface area contributed by atoms with E-state index in [0.717, 1.165) is 57.8 Å². The van der Waals surface area contributed by atoms with Crippen LogP contribution in [0.2, 0.25) is 0 Å². The summed E-state index contributed by atoms with van der Waals surface area (Å²) in [5.41, 5.74) is 0. The van der Waals surface area contributed by atoms with E-state index in [1.165, 1.54) is 238 Å². The van der Waals surface area contributed by atoms with Gasteiger partial charge in [-0.1, -0.05) is 289 Å². The number of unbranched alkanes of at least 4 members (excludes halogenated alkanes) is 42. The minimum atomic E-state index is -1.58. The Morgan fingerprint density at radius 2 is 0.844 bits per heavy atom. The molecule has 77 heavy (non-hydrogen) atoms. The van der Waals surface area contributed by atoms with E-state index in [0.29, 0.717) is 19.4 Å². The van der Waals surface area contributed by atoms with Crippen molar-refractivity contribution >= 4 is 11.9 Å². The number of carbonyl (C=O) groups is 2. The number of carbonyl (C=O) groups excluding carboxylic acids is 2. The number of allylic oxidation sites excluding steroid dienone is 3. The molecular formula is C66H125NO10. The van der Waals surface area contributed by atoms with Gasteiger partial charge in [-0.05, 0) is 44.9 Å². The van der Waals surface area contributed by atoms with Crippen molar-refractivity contribution in [1.29, 1.82) is 0 Å². The van der Waals surface area contributed by atoms with Gasteiger partial charge in [0.25, 0.3) is 0 Å². The van der Waals surface area contributed by atoms with E-state index in [1.54, 1.807) is 6.08 Å². The summed E-state index contributed by atoms with van der Waals surface area (Å²) >= 11 is 0. The third kappa shape index (κ3) is 45.4. The second-order valence-electron chi connectivity index (χ2n) is 23.2. The van der Waals surface area contributed by atoms with E-state index in [9.17, 15) is 35.1 Å². The van der Waals surface area contributed by atoms with Gasteiger partial charge in [0.05, 0.1) is 32.0 Å². The van der Waals surface area contributed by atoms with Crippen LogP contribution in [0.25, 0.3) is 0 Å². The zero-order chi connectivity index (χ0) is 55.9. The van der Waals surface area contributed by atoms with Gasteiger partial charge in [-0.3, -0.25) is 9.59 Å². The Bertz CT molecular complexity index is 1330. The molecule has 0 aromatic carbocycles. The van der Waals surface area contributed by atoms with Gasteiger partial charge in [0, 0.05) is 12.8 Å². The largest absolute Gasteiger partial charge is 0.466 e. The molecule has 0 spiro atoms. The van der Waals surface area contributed by atoms with Crippen molar-refractivity contribution in [2.75, 3.05) is 19.8 Å². The van der Waals surface area contributed by atoms with Gasteiger partial charge in [-0.15, -0.1) is 0 Å². The molecule has 1 amide bonds. The first kappa shape index (κ1) is 73.2. The molecule has 7 atom stereocenters. The number of rotatable bonds is 58. The number of hydrogen-bond donors (Lipinski definition) is 6. The summed E-state index contributed by atoms with van der Waals surface area (Å²) < 4.78 is 16.7. The summed E-state index contributed by atoms with van der Waals surface area (Å²) in [6.07, 6.45) is 58.6. The Hall–Kier alpha value is -1.86. The molecule has 1 saturated heterocycles. The molecular weight excluding hydrogens is 967 g/mol. The summed E-state index contributed by atoms with van der Waals surface area (Å²) in [5, 5.41) is 54.5. The Morgan fingerprint density at radius 3 is 1.29 bits per heavy atom. The Labute approximate surface area is 473 Å². The smallest absolute Gasteiger partial charge is 0.305 e. The molecule has 11 nitrogen and oxygen atoms in total. The molecule has 6 N–H and O–H groups in total. The van der Waals surface area contributed by atoms with Gasteiger partial charge in [-0.2, -0.15) is 0 Å². The van der Waals surface area contributed by atoms with Crippen molar-refractivity contribution in [1.82, 2.24) is 5.32 Å². The van der Waals surface area contributed by atoms with E-state index in [-0.39, 0.29) is 18.5 Å². The van der Waals surface area contributed by atoms with Gasteiger partial charge in [0.2, 0.25) is 5.91 Å². The topological polar surface area (TPSA) is 175 Å². The number of aliphatic hydroxyl groups excluding tert-OH is 5. The predicted octanol–water partition coefficient (Wildman–Crippen LogP) is 16.1. The van der Waals surface area contributed by atoms with Crippen LogP contribution in [0.3, 0.4) is 0 Å². The second kappa shape index (κ2) is 56.0. The lowest BCUT2D eigenvalue weighted by atomic mass is 9.99. The molecule has 0 radical (unpaired) electrons. The standard InChI is InChI=1S/C66H125NO10/c1-3-5-7-9-11-13-15-16-29-33-36-40-44-48-52-59(69)58(57-76-66-65(74)64(73)63(72)60(56-68)77-66)67-61(70)53-49-45-41-37-34-30-27-25-23-21-19-17-18-20-22-24-26-28-31-35-39-43-47-51-55-75-62(71)54-50-46-42-38-32-14-12-10-8-6-4-2/h33,36,48,52,58-60,63-66,68-69,72-74H,3-32,34-35,37-47,49-51,53-57H2,1-2H3,(H,67,70)/b36-33+,52-48+. The van der Waals surface area contributed by atoms with Crippen LogP contribution in [-0.2, 0) is 23.8 Å². The molecule has 0 bridgehead atoms. The zero-order valence-corrected chi connectivity index (χ0v) is 50.2. The molecule has 454 valence electrons. The van der Waals surface area contributed by atoms with Crippen LogP contribution in [-0.4, -0.2) is 100 Å². The van der Waals surface area contributed by atoms with Gasteiger partial charge in [0.1, 0.15) is 24.4 Å². The first-order valence-electron chi connectivity index (χ1n) is 33.1. The molecule has 0 aromatic rings. The fraction of sp³-hybridized carbons (Fsp3) is 0.909. The molecule has 0 aromatic heterocycles.